The van der Waals surface area contributed by atoms with Crippen LogP contribution in [0, 0.1) is 5.92 Å². The first-order valence-electron chi connectivity index (χ1n) is 4.57. The largest absolute Gasteiger partial charge is 0.373 e. The van der Waals surface area contributed by atoms with E-state index in [1.165, 1.54) is 11.1 Å². The molecule has 3 rings (SSSR count). The summed E-state index contributed by atoms with van der Waals surface area (Å²) in [4.78, 5) is 0. The van der Waals surface area contributed by atoms with Crippen LogP contribution in [0.15, 0.2) is 24.3 Å². The van der Waals surface area contributed by atoms with Crippen LogP contribution in [0.3, 0.4) is 0 Å². The average Bonchev–Trinajstić information content (AvgIpc) is 2.78. The van der Waals surface area contributed by atoms with Gasteiger partial charge in [0.05, 0.1) is 12.7 Å². The zero-order chi connectivity index (χ0) is 8.13. The van der Waals surface area contributed by atoms with Gasteiger partial charge in [0.1, 0.15) is 0 Å². The Bertz CT molecular complexity index is 319. The van der Waals surface area contributed by atoms with Crippen molar-refractivity contribution in [1.82, 2.24) is 0 Å². The number of hydrogen-bond donors (Lipinski definition) is 0. The standard InChI is InChI=1S/C11H12O/c1-7-10-9-5-3-2-4-8(9)6-12-11(7)10/h2-5,7,10-11H,6H2,1H3. The zero-order valence-electron chi connectivity index (χ0n) is 7.16. The van der Waals surface area contributed by atoms with E-state index in [9.17, 15) is 0 Å². The van der Waals surface area contributed by atoms with Gasteiger partial charge in [-0.05, 0) is 17.0 Å². The number of benzene rings is 1. The Labute approximate surface area is 72.4 Å². The molecule has 0 N–H and O–H groups in total. The van der Waals surface area contributed by atoms with E-state index in [1.807, 2.05) is 0 Å². The number of ether oxygens (including phenoxy) is 1. The Morgan fingerprint density at radius 2 is 2.17 bits per heavy atom. The second-order valence-corrected chi connectivity index (χ2v) is 3.86. The van der Waals surface area contributed by atoms with Crippen molar-refractivity contribution in [3.05, 3.63) is 35.4 Å². The number of fused-ring (bicyclic) bond motifs is 3. The molecule has 1 heteroatoms. The maximum Gasteiger partial charge on any atom is 0.0723 e. The number of hydrogen-bond acceptors (Lipinski definition) is 1. The van der Waals surface area contributed by atoms with Gasteiger partial charge in [0.15, 0.2) is 0 Å². The summed E-state index contributed by atoms with van der Waals surface area (Å²) in [5, 5.41) is 0. The molecule has 0 spiro atoms. The molecule has 0 aromatic heterocycles. The van der Waals surface area contributed by atoms with E-state index in [2.05, 4.69) is 31.2 Å². The van der Waals surface area contributed by atoms with Crippen LogP contribution in [-0.4, -0.2) is 6.10 Å². The molecule has 0 bridgehead atoms. The van der Waals surface area contributed by atoms with Gasteiger partial charge >= 0.3 is 0 Å². The topological polar surface area (TPSA) is 9.23 Å². The predicted octanol–water partition coefficient (Wildman–Crippen LogP) is 2.32. The van der Waals surface area contributed by atoms with Gasteiger partial charge in [0.25, 0.3) is 0 Å². The fraction of sp³-hybridized carbons (Fsp3) is 0.455. The van der Waals surface area contributed by atoms with Crippen LogP contribution < -0.4 is 0 Å². The molecule has 3 atom stereocenters. The highest BCUT2D eigenvalue weighted by Gasteiger charge is 2.51. The summed E-state index contributed by atoms with van der Waals surface area (Å²) < 4.78 is 5.69. The van der Waals surface area contributed by atoms with Crippen LogP contribution in [0.4, 0.5) is 0 Å². The van der Waals surface area contributed by atoms with Gasteiger partial charge in [-0.15, -0.1) is 0 Å². The Hall–Kier alpha value is -0.820. The molecule has 1 heterocycles. The molecule has 1 aromatic carbocycles. The normalized spacial score (nSPS) is 36.9. The first-order valence-corrected chi connectivity index (χ1v) is 4.57. The maximum atomic E-state index is 5.69. The summed E-state index contributed by atoms with van der Waals surface area (Å²) in [7, 11) is 0. The minimum absolute atomic E-state index is 0.528. The van der Waals surface area contributed by atoms with Crippen molar-refractivity contribution in [2.75, 3.05) is 0 Å². The minimum Gasteiger partial charge on any atom is -0.373 e. The molecule has 12 heavy (non-hydrogen) atoms. The van der Waals surface area contributed by atoms with Gasteiger partial charge in [-0.3, -0.25) is 0 Å². The minimum atomic E-state index is 0.528. The molecule has 1 aliphatic carbocycles. The van der Waals surface area contributed by atoms with Crippen LogP contribution in [0.25, 0.3) is 0 Å². The van der Waals surface area contributed by atoms with Crippen LogP contribution in [0.1, 0.15) is 24.0 Å². The maximum absolute atomic E-state index is 5.69. The van der Waals surface area contributed by atoms with Crippen LogP contribution in [0.5, 0.6) is 0 Å². The Morgan fingerprint density at radius 3 is 3.08 bits per heavy atom. The van der Waals surface area contributed by atoms with Crippen LogP contribution in [-0.2, 0) is 11.3 Å². The second-order valence-electron chi connectivity index (χ2n) is 3.86. The summed E-state index contributed by atoms with van der Waals surface area (Å²) in [5.41, 5.74) is 2.92. The summed E-state index contributed by atoms with van der Waals surface area (Å²) >= 11 is 0. The van der Waals surface area contributed by atoms with E-state index in [0.29, 0.717) is 12.0 Å². The van der Waals surface area contributed by atoms with Gasteiger partial charge in [0.2, 0.25) is 0 Å². The summed E-state index contributed by atoms with van der Waals surface area (Å²) in [6.07, 6.45) is 0.528. The van der Waals surface area contributed by atoms with Gasteiger partial charge in [-0.2, -0.15) is 0 Å². The van der Waals surface area contributed by atoms with E-state index in [4.69, 9.17) is 4.74 Å². The van der Waals surface area contributed by atoms with Crippen molar-refractivity contribution >= 4 is 0 Å². The highest BCUT2D eigenvalue weighted by atomic mass is 16.5. The molecular weight excluding hydrogens is 148 g/mol. The monoisotopic (exact) mass is 160 g/mol. The molecule has 0 amide bonds. The van der Waals surface area contributed by atoms with Crippen molar-refractivity contribution in [3.8, 4) is 0 Å². The van der Waals surface area contributed by atoms with E-state index < -0.39 is 0 Å². The first-order chi connectivity index (χ1) is 5.88. The molecule has 1 nitrogen and oxygen atoms in total. The molecule has 1 saturated carbocycles. The third-order valence-corrected chi connectivity index (χ3v) is 3.14. The van der Waals surface area contributed by atoms with Crippen molar-refractivity contribution in [3.63, 3.8) is 0 Å². The average molecular weight is 160 g/mol. The molecule has 0 saturated heterocycles. The van der Waals surface area contributed by atoms with E-state index >= 15 is 0 Å². The molecule has 2 aliphatic rings. The smallest absolute Gasteiger partial charge is 0.0723 e. The van der Waals surface area contributed by atoms with E-state index in [-0.39, 0.29) is 0 Å². The van der Waals surface area contributed by atoms with Gasteiger partial charge < -0.3 is 4.74 Å². The first kappa shape index (κ1) is 6.67. The lowest BCUT2D eigenvalue weighted by Crippen LogP contribution is -2.06. The van der Waals surface area contributed by atoms with E-state index in [1.54, 1.807) is 0 Å². The third-order valence-electron chi connectivity index (χ3n) is 3.14. The van der Waals surface area contributed by atoms with Crippen molar-refractivity contribution in [2.24, 2.45) is 5.92 Å². The molecular formula is C11H12O. The molecule has 62 valence electrons. The van der Waals surface area contributed by atoms with Crippen molar-refractivity contribution < 1.29 is 4.74 Å². The molecule has 3 unspecified atom stereocenters. The molecule has 1 aliphatic heterocycles. The van der Waals surface area contributed by atoms with Crippen LogP contribution in [0.2, 0.25) is 0 Å². The van der Waals surface area contributed by atoms with Crippen LogP contribution >= 0.6 is 0 Å². The molecule has 1 aromatic rings. The predicted molar refractivity (Wildman–Crippen MR) is 46.9 cm³/mol. The SMILES string of the molecule is CC1C2OCc3ccccc3C12. The summed E-state index contributed by atoms with van der Waals surface area (Å²) in [6, 6.07) is 8.65. The Morgan fingerprint density at radius 1 is 1.33 bits per heavy atom. The highest BCUT2D eigenvalue weighted by molar-refractivity contribution is 5.38. The van der Waals surface area contributed by atoms with E-state index in [0.717, 1.165) is 12.5 Å². The third kappa shape index (κ3) is 0.721. The lowest BCUT2D eigenvalue weighted by atomic mass is 10.0. The fourth-order valence-electron chi connectivity index (χ4n) is 2.32. The van der Waals surface area contributed by atoms with Gasteiger partial charge in [-0.1, -0.05) is 31.2 Å². The quantitative estimate of drug-likeness (QED) is 0.566. The Balaban J connectivity index is 2.10. The van der Waals surface area contributed by atoms with Gasteiger partial charge in [-0.25, -0.2) is 0 Å². The Kier molecular flexibility index (Phi) is 1.17. The zero-order valence-corrected chi connectivity index (χ0v) is 7.16. The second kappa shape index (κ2) is 2.11. The summed E-state index contributed by atoms with van der Waals surface area (Å²) in [5.74, 6) is 1.45. The van der Waals surface area contributed by atoms with Gasteiger partial charge in [0, 0.05) is 5.92 Å². The lowest BCUT2D eigenvalue weighted by molar-refractivity contribution is 0.0857. The highest BCUT2D eigenvalue weighted by Crippen LogP contribution is 2.53. The summed E-state index contributed by atoms with van der Waals surface area (Å²) in [6.45, 7) is 3.10. The van der Waals surface area contributed by atoms with Crippen molar-refractivity contribution in [1.29, 1.82) is 0 Å². The fourth-order valence-corrected chi connectivity index (χ4v) is 2.32. The molecule has 0 radical (unpaired) electrons. The number of rotatable bonds is 0. The van der Waals surface area contributed by atoms with Crippen molar-refractivity contribution in [2.45, 2.75) is 25.6 Å². The molecule has 1 fully saturated rings. The lowest BCUT2D eigenvalue weighted by Gasteiger charge is -2.14.